The topological polar surface area (TPSA) is 47.6 Å². The zero-order chi connectivity index (χ0) is 15.7. The molecule has 2 N–H and O–H groups in total. The molecule has 0 aromatic heterocycles. The number of hydrogen-bond acceptors (Lipinski definition) is 3. The van der Waals surface area contributed by atoms with E-state index in [1.165, 1.54) is 0 Å². The van der Waals surface area contributed by atoms with Crippen molar-refractivity contribution in [1.29, 1.82) is 0 Å². The molecule has 3 rings (SSSR count). The predicted octanol–water partition coefficient (Wildman–Crippen LogP) is 4.21. The van der Waals surface area contributed by atoms with Gasteiger partial charge < -0.3 is 10.6 Å². The number of nitrogens with zero attached hydrogens (tertiary/aromatic N) is 1. The van der Waals surface area contributed by atoms with Crippen molar-refractivity contribution in [1.82, 2.24) is 0 Å². The van der Waals surface area contributed by atoms with Gasteiger partial charge in [0.15, 0.2) is 0 Å². The van der Waals surface area contributed by atoms with Gasteiger partial charge in [-0.2, -0.15) is 5.10 Å². The van der Waals surface area contributed by atoms with Crippen LogP contribution in [-0.2, 0) is 4.74 Å². The van der Waals surface area contributed by atoms with Gasteiger partial charge >= 0.3 is 0 Å². The van der Waals surface area contributed by atoms with Crippen molar-refractivity contribution >= 4 is 28.9 Å². The zero-order valence-corrected chi connectivity index (χ0v) is 13.6. The SMILES string of the molecule is COC1CC(=NN)c2ccccc2C1c1ccc(Cl)c(Cl)c1. The van der Waals surface area contributed by atoms with E-state index in [0.717, 1.165) is 22.4 Å². The van der Waals surface area contributed by atoms with Gasteiger partial charge in [-0.05, 0) is 23.3 Å². The molecule has 0 saturated carbocycles. The third-order valence-electron chi connectivity index (χ3n) is 4.13. The number of ether oxygens (including phenoxy) is 1. The summed E-state index contributed by atoms with van der Waals surface area (Å²) in [4.78, 5) is 0. The molecule has 114 valence electrons. The van der Waals surface area contributed by atoms with Crippen LogP contribution in [0.4, 0.5) is 0 Å². The first-order chi connectivity index (χ1) is 10.7. The third kappa shape index (κ3) is 2.60. The Morgan fingerprint density at radius 2 is 1.91 bits per heavy atom. The minimum Gasteiger partial charge on any atom is -0.380 e. The van der Waals surface area contributed by atoms with Gasteiger partial charge in [-0.25, -0.2) is 0 Å². The fraction of sp³-hybridized carbons (Fsp3) is 0.235. The smallest absolute Gasteiger partial charge is 0.0736 e. The average molecular weight is 335 g/mol. The minimum absolute atomic E-state index is 0.0468. The summed E-state index contributed by atoms with van der Waals surface area (Å²) < 4.78 is 5.70. The number of halogens is 2. The molecule has 0 spiro atoms. The highest BCUT2D eigenvalue weighted by molar-refractivity contribution is 6.42. The normalized spacial score (nSPS) is 22.6. The van der Waals surface area contributed by atoms with Crippen molar-refractivity contribution in [3.8, 4) is 0 Å². The molecule has 0 aliphatic heterocycles. The Hall–Kier alpha value is -1.55. The number of nitrogens with two attached hydrogens (primary N) is 1. The fourth-order valence-corrected chi connectivity index (χ4v) is 3.40. The Kier molecular flexibility index (Phi) is 4.39. The van der Waals surface area contributed by atoms with Gasteiger partial charge in [-0.15, -0.1) is 0 Å². The molecule has 0 bridgehead atoms. The Balaban J connectivity index is 2.17. The van der Waals surface area contributed by atoms with Crippen LogP contribution in [0.25, 0.3) is 0 Å². The molecule has 1 aliphatic carbocycles. The van der Waals surface area contributed by atoms with Crippen LogP contribution in [0.3, 0.4) is 0 Å². The van der Waals surface area contributed by atoms with Crippen molar-refractivity contribution in [2.45, 2.75) is 18.4 Å². The number of benzene rings is 2. The third-order valence-corrected chi connectivity index (χ3v) is 4.87. The van der Waals surface area contributed by atoms with Crippen LogP contribution in [-0.4, -0.2) is 18.9 Å². The van der Waals surface area contributed by atoms with Crippen molar-refractivity contribution in [3.05, 3.63) is 69.2 Å². The number of hydrogen-bond donors (Lipinski definition) is 1. The highest BCUT2D eigenvalue weighted by atomic mass is 35.5. The van der Waals surface area contributed by atoms with E-state index in [1.54, 1.807) is 7.11 Å². The number of fused-ring (bicyclic) bond motifs is 1. The van der Waals surface area contributed by atoms with E-state index in [0.29, 0.717) is 16.5 Å². The van der Waals surface area contributed by atoms with Crippen LogP contribution in [0.5, 0.6) is 0 Å². The van der Waals surface area contributed by atoms with Crippen LogP contribution in [0.2, 0.25) is 10.0 Å². The van der Waals surface area contributed by atoms with Crippen molar-refractivity contribution in [2.75, 3.05) is 7.11 Å². The summed E-state index contributed by atoms with van der Waals surface area (Å²) in [6, 6.07) is 13.8. The summed E-state index contributed by atoms with van der Waals surface area (Å²) in [6.45, 7) is 0. The summed E-state index contributed by atoms with van der Waals surface area (Å²) in [6.07, 6.45) is 0.615. The van der Waals surface area contributed by atoms with E-state index in [1.807, 2.05) is 36.4 Å². The number of methoxy groups -OCH3 is 1. The lowest BCUT2D eigenvalue weighted by atomic mass is 9.76. The highest BCUT2D eigenvalue weighted by Crippen LogP contribution is 2.40. The van der Waals surface area contributed by atoms with Crippen molar-refractivity contribution < 1.29 is 4.74 Å². The van der Waals surface area contributed by atoms with Crippen LogP contribution in [0.1, 0.15) is 29.0 Å². The van der Waals surface area contributed by atoms with Gasteiger partial charge in [-0.3, -0.25) is 0 Å². The van der Waals surface area contributed by atoms with Crippen molar-refractivity contribution in [3.63, 3.8) is 0 Å². The standard InChI is InChI=1S/C17H16Cl2N2O/c1-22-16-9-15(21-20)11-4-2-3-5-12(11)17(16)10-6-7-13(18)14(19)8-10/h2-8,16-17H,9,20H2,1H3. The quantitative estimate of drug-likeness (QED) is 0.660. The molecule has 2 atom stereocenters. The second kappa shape index (κ2) is 6.29. The average Bonchev–Trinajstić information content (AvgIpc) is 2.56. The Bertz CT molecular complexity index is 730. The Morgan fingerprint density at radius 3 is 2.59 bits per heavy atom. The lowest BCUT2D eigenvalue weighted by molar-refractivity contribution is 0.0927. The molecule has 2 aromatic rings. The van der Waals surface area contributed by atoms with Crippen LogP contribution >= 0.6 is 23.2 Å². The zero-order valence-electron chi connectivity index (χ0n) is 12.1. The number of hydrazone groups is 1. The summed E-state index contributed by atoms with van der Waals surface area (Å²) in [5, 5.41) is 5.03. The molecule has 0 amide bonds. The van der Waals surface area contributed by atoms with Gasteiger partial charge in [-0.1, -0.05) is 53.5 Å². The van der Waals surface area contributed by atoms with E-state index in [2.05, 4.69) is 11.2 Å². The largest absolute Gasteiger partial charge is 0.380 e. The molecule has 2 unspecified atom stereocenters. The lowest BCUT2D eigenvalue weighted by Crippen LogP contribution is -2.32. The van der Waals surface area contributed by atoms with Gasteiger partial charge in [0.05, 0.1) is 21.9 Å². The maximum absolute atomic E-state index is 6.19. The van der Waals surface area contributed by atoms with E-state index >= 15 is 0 Å². The first kappa shape index (κ1) is 15.3. The summed E-state index contributed by atoms with van der Waals surface area (Å²) >= 11 is 12.2. The van der Waals surface area contributed by atoms with Crippen LogP contribution < -0.4 is 5.84 Å². The van der Waals surface area contributed by atoms with E-state index in [-0.39, 0.29) is 12.0 Å². The summed E-state index contributed by atoms with van der Waals surface area (Å²) in [5.41, 5.74) is 4.14. The van der Waals surface area contributed by atoms with Gasteiger partial charge in [0.2, 0.25) is 0 Å². The second-order valence-corrected chi connectivity index (χ2v) is 6.11. The maximum atomic E-state index is 6.19. The fourth-order valence-electron chi connectivity index (χ4n) is 3.09. The number of rotatable bonds is 2. The van der Waals surface area contributed by atoms with Crippen LogP contribution in [0, 0.1) is 0 Å². The van der Waals surface area contributed by atoms with Gasteiger partial charge in [0.1, 0.15) is 0 Å². The maximum Gasteiger partial charge on any atom is 0.0736 e. The molecule has 2 aromatic carbocycles. The Labute approximate surface area is 139 Å². The van der Waals surface area contributed by atoms with Crippen LogP contribution in [0.15, 0.2) is 47.6 Å². The molecular weight excluding hydrogens is 319 g/mol. The summed E-state index contributed by atoms with van der Waals surface area (Å²) in [5.74, 6) is 5.63. The van der Waals surface area contributed by atoms with E-state index in [4.69, 9.17) is 33.8 Å². The first-order valence-electron chi connectivity index (χ1n) is 6.99. The van der Waals surface area contributed by atoms with E-state index < -0.39 is 0 Å². The lowest BCUT2D eigenvalue weighted by Gasteiger charge is -2.33. The minimum atomic E-state index is -0.0468. The first-order valence-corrected chi connectivity index (χ1v) is 7.75. The molecule has 0 heterocycles. The summed E-state index contributed by atoms with van der Waals surface area (Å²) in [7, 11) is 1.71. The van der Waals surface area contributed by atoms with Gasteiger partial charge in [0.25, 0.3) is 0 Å². The Morgan fingerprint density at radius 1 is 1.14 bits per heavy atom. The molecule has 3 nitrogen and oxygen atoms in total. The molecular formula is C17H16Cl2N2O. The monoisotopic (exact) mass is 334 g/mol. The second-order valence-electron chi connectivity index (χ2n) is 5.29. The van der Waals surface area contributed by atoms with E-state index in [9.17, 15) is 0 Å². The molecule has 22 heavy (non-hydrogen) atoms. The molecule has 0 fully saturated rings. The molecule has 5 heteroatoms. The van der Waals surface area contributed by atoms with Gasteiger partial charge in [0, 0.05) is 25.0 Å². The molecule has 1 aliphatic rings. The predicted molar refractivity (Wildman–Crippen MR) is 90.9 cm³/mol. The highest BCUT2D eigenvalue weighted by Gasteiger charge is 2.34. The molecule has 0 saturated heterocycles. The van der Waals surface area contributed by atoms with Crippen molar-refractivity contribution in [2.24, 2.45) is 10.9 Å². The molecule has 0 radical (unpaired) electrons.